The highest BCUT2D eigenvalue weighted by Gasteiger charge is 2.13. The normalized spacial score (nSPS) is 10.5. The molecule has 0 atom stereocenters. The molecule has 6 heteroatoms. The quantitative estimate of drug-likeness (QED) is 0.850. The fraction of sp³-hybridized carbons (Fsp3) is 0.273. The van der Waals surface area contributed by atoms with Crippen LogP contribution in [-0.2, 0) is 11.2 Å². The van der Waals surface area contributed by atoms with Gasteiger partial charge in [-0.1, -0.05) is 12.1 Å². The van der Waals surface area contributed by atoms with E-state index in [1.807, 2.05) is 32.0 Å². The summed E-state index contributed by atoms with van der Waals surface area (Å²) in [6.45, 7) is 3.89. The predicted octanol–water partition coefficient (Wildman–Crippen LogP) is 0.906. The average Bonchev–Trinajstić information content (AvgIpc) is 2.69. The van der Waals surface area contributed by atoms with Gasteiger partial charge in [-0.25, -0.2) is 0 Å². The summed E-state index contributed by atoms with van der Waals surface area (Å²) >= 11 is 0. The number of aliphatic carboxylic acids is 1. The minimum absolute atomic E-state index is 0.194. The second-order valence-electron chi connectivity index (χ2n) is 3.87. The first-order valence-electron chi connectivity index (χ1n) is 5.14. The molecule has 6 nitrogen and oxygen atoms in total. The topological polar surface area (TPSA) is 80.9 Å². The Morgan fingerprint density at radius 1 is 1.41 bits per heavy atom. The number of hydrogen-bond donors (Lipinski definition) is 1. The van der Waals surface area contributed by atoms with Gasteiger partial charge in [0.05, 0.1) is 5.69 Å². The number of carboxylic acid groups (broad SMARTS) is 1. The van der Waals surface area contributed by atoms with Gasteiger partial charge in [-0.3, -0.25) is 4.79 Å². The highest BCUT2D eigenvalue weighted by atomic mass is 16.4. The number of carbonyl (C=O) groups is 1. The van der Waals surface area contributed by atoms with Gasteiger partial charge in [0.2, 0.25) is 0 Å². The smallest absolute Gasteiger partial charge is 0.311 e. The van der Waals surface area contributed by atoms with Gasteiger partial charge in [0.1, 0.15) is 6.42 Å². The van der Waals surface area contributed by atoms with Crippen molar-refractivity contribution >= 4 is 5.97 Å². The molecule has 0 amide bonds. The zero-order valence-corrected chi connectivity index (χ0v) is 9.58. The molecule has 1 aromatic heterocycles. The van der Waals surface area contributed by atoms with Crippen molar-refractivity contribution in [2.75, 3.05) is 0 Å². The number of aromatic nitrogens is 4. The number of benzene rings is 1. The molecule has 1 heterocycles. The van der Waals surface area contributed by atoms with E-state index in [-0.39, 0.29) is 6.42 Å². The first-order valence-corrected chi connectivity index (χ1v) is 5.14. The molecule has 0 saturated heterocycles. The van der Waals surface area contributed by atoms with E-state index in [1.165, 1.54) is 4.68 Å². The summed E-state index contributed by atoms with van der Waals surface area (Å²) in [6.07, 6.45) is -0.194. The van der Waals surface area contributed by atoms with Gasteiger partial charge < -0.3 is 5.11 Å². The van der Waals surface area contributed by atoms with E-state index in [2.05, 4.69) is 15.5 Å². The second-order valence-corrected chi connectivity index (χ2v) is 3.87. The van der Waals surface area contributed by atoms with E-state index in [0.717, 1.165) is 16.8 Å². The first kappa shape index (κ1) is 11.3. The molecule has 17 heavy (non-hydrogen) atoms. The van der Waals surface area contributed by atoms with Crippen molar-refractivity contribution in [3.05, 3.63) is 35.2 Å². The van der Waals surface area contributed by atoms with E-state index in [0.29, 0.717) is 5.82 Å². The standard InChI is InChI=1S/C11H12N4O2/c1-7-3-4-8(2)9(5-7)15-10(6-11(16)17)12-13-14-15/h3-5H,6H2,1-2H3,(H,16,17). The van der Waals surface area contributed by atoms with Gasteiger partial charge in [-0.15, -0.1) is 5.10 Å². The van der Waals surface area contributed by atoms with Gasteiger partial charge >= 0.3 is 5.97 Å². The summed E-state index contributed by atoms with van der Waals surface area (Å²) in [7, 11) is 0. The zero-order chi connectivity index (χ0) is 12.4. The monoisotopic (exact) mass is 232 g/mol. The summed E-state index contributed by atoms with van der Waals surface area (Å²) in [5.41, 5.74) is 2.88. The fourth-order valence-electron chi connectivity index (χ4n) is 1.59. The van der Waals surface area contributed by atoms with E-state index in [1.54, 1.807) is 0 Å². The minimum Gasteiger partial charge on any atom is -0.481 e. The molecular weight excluding hydrogens is 220 g/mol. The minimum atomic E-state index is -0.952. The van der Waals surface area contributed by atoms with Gasteiger partial charge in [0.15, 0.2) is 5.82 Å². The SMILES string of the molecule is Cc1ccc(C)c(-n2nnnc2CC(=O)O)c1. The molecule has 0 fully saturated rings. The van der Waals surface area contributed by atoms with Crippen molar-refractivity contribution in [2.45, 2.75) is 20.3 Å². The highest BCUT2D eigenvalue weighted by molar-refractivity contribution is 5.69. The number of hydrogen-bond acceptors (Lipinski definition) is 4. The van der Waals surface area contributed by atoms with E-state index < -0.39 is 5.97 Å². The molecule has 0 radical (unpaired) electrons. The van der Waals surface area contributed by atoms with Crippen molar-refractivity contribution in [3.63, 3.8) is 0 Å². The molecule has 0 aliphatic carbocycles. The van der Waals surface area contributed by atoms with Crippen molar-refractivity contribution in [3.8, 4) is 5.69 Å². The molecule has 0 unspecified atom stereocenters. The average molecular weight is 232 g/mol. The predicted molar refractivity (Wildman–Crippen MR) is 60.0 cm³/mol. The number of tetrazole rings is 1. The lowest BCUT2D eigenvalue weighted by Gasteiger charge is -2.07. The largest absolute Gasteiger partial charge is 0.481 e. The van der Waals surface area contributed by atoms with Crippen molar-refractivity contribution < 1.29 is 9.90 Å². The lowest BCUT2D eigenvalue weighted by molar-refractivity contribution is -0.136. The maximum atomic E-state index is 10.7. The van der Waals surface area contributed by atoms with Crippen LogP contribution in [0.3, 0.4) is 0 Å². The number of rotatable bonds is 3. The van der Waals surface area contributed by atoms with Crippen LogP contribution < -0.4 is 0 Å². The Hall–Kier alpha value is -2.24. The first-order chi connectivity index (χ1) is 8.08. The Balaban J connectivity index is 2.49. The van der Waals surface area contributed by atoms with Gasteiger partial charge in [0, 0.05) is 0 Å². The Morgan fingerprint density at radius 2 is 2.18 bits per heavy atom. The molecule has 2 rings (SSSR count). The molecule has 0 aliphatic rings. The lowest BCUT2D eigenvalue weighted by atomic mass is 10.1. The zero-order valence-electron chi connectivity index (χ0n) is 9.58. The van der Waals surface area contributed by atoms with Crippen LogP contribution in [0.4, 0.5) is 0 Å². The number of carboxylic acids is 1. The van der Waals surface area contributed by atoms with Crippen LogP contribution >= 0.6 is 0 Å². The van der Waals surface area contributed by atoms with Crippen LogP contribution in [-0.4, -0.2) is 31.3 Å². The van der Waals surface area contributed by atoms with Crippen molar-refractivity contribution in [2.24, 2.45) is 0 Å². The molecule has 2 aromatic rings. The summed E-state index contributed by atoms with van der Waals surface area (Å²) in [5, 5.41) is 19.9. The van der Waals surface area contributed by atoms with E-state index in [4.69, 9.17) is 5.11 Å². The van der Waals surface area contributed by atoms with Gasteiger partial charge in [-0.05, 0) is 41.5 Å². The van der Waals surface area contributed by atoms with Crippen LogP contribution in [0.15, 0.2) is 18.2 Å². The summed E-state index contributed by atoms with van der Waals surface area (Å²) in [4.78, 5) is 10.7. The molecule has 1 aromatic carbocycles. The van der Waals surface area contributed by atoms with Crippen LogP contribution in [0.1, 0.15) is 17.0 Å². The molecule has 0 aliphatic heterocycles. The summed E-state index contributed by atoms with van der Waals surface area (Å²) < 4.78 is 1.47. The van der Waals surface area contributed by atoms with E-state index in [9.17, 15) is 4.79 Å². The Morgan fingerprint density at radius 3 is 2.88 bits per heavy atom. The number of aryl methyl sites for hydroxylation is 2. The Kier molecular flexibility index (Phi) is 2.86. The molecule has 0 saturated carbocycles. The Labute approximate surface area is 97.9 Å². The van der Waals surface area contributed by atoms with Gasteiger partial charge in [0.25, 0.3) is 0 Å². The Bertz CT molecular complexity index is 562. The van der Waals surface area contributed by atoms with Gasteiger partial charge in [-0.2, -0.15) is 4.68 Å². The molecule has 0 spiro atoms. The van der Waals surface area contributed by atoms with Crippen LogP contribution in [0, 0.1) is 13.8 Å². The maximum absolute atomic E-state index is 10.7. The lowest BCUT2D eigenvalue weighted by Crippen LogP contribution is -2.10. The fourth-order valence-corrected chi connectivity index (χ4v) is 1.59. The van der Waals surface area contributed by atoms with Crippen LogP contribution in [0.5, 0.6) is 0 Å². The van der Waals surface area contributed by atoms with Crippen LogP contribution in [0.25, 0.3) is 5.69 Å². The third kappa shape index (κ3) is 2.30. The second kappa shape index (κ2) is 4.32. The van der Waals surface area contributed by atoms with Crippen molar-refractivity contribution in [1.29, 1.82) is 0 Å². The summed E-state index contributed by atoms with van der Waals surface area (Å²) in [6, 6.07) is 5.87. The summed E-state index contributed by atoms with van der Waals surface area (Å²) in [5.74, 6) is -0.627. The van der Waals surface area contributed by atoms with Crippen molar-refractivity contribution in [1.82, 2.24) is 20.2 Å². The highest BCUT2D eigenvalue weighted by Crippen LogP contribution is 2.15. The maximum Gasteiger partial charge on any atom is 0.311 e. The third-order valence-electron chi connectivity index (χ3n) is 2.44. The number of nitrogens with zero attached hydrogens (tertiary/aromatic N) is 4. The molecule has 88 valence electrons. The van der Waals surface area contributed by atoms with E-state index >= 15 is 0 Å². The molecule has 0 bridgehead atoms. The van der Waals surface area contributed by atoms with Crippen LogP contribution in [0.2, 0.25) is 0 Å². The third-order valence-corrected chi connectivity index (χ3v) is 2.44. The molecule has 1 N–H and O–H groups in total. The molecular formula is C11H12N4O2.